The Hall–Kier alpha value is -2.55. The second kappa shape index (κ2) is 11.6. The second-order valence-corrected chi connectivity index (χ2v) is 6.74. The van der Waals surface area contributed by atoms with E-state index in [1.54, 1.807) is 21.3 Å². The Kier molecular flexibility index (Phi) is 9.16. The molecule has 0 atom stereocenters. The highest BCUT2D eigenvalue weighted by atomic mass is 127. The summed E-state index contributed by atoms with van der Waals surface area (Å²) in [6.45, 7) is 1.44. The molecule has 3 rings (SSSR count). The molecule has 0 unspecified atom stereocenters. The van der Waals surface area contributed by atoms with E-state index in [-0.39, 0.29) is 24.0 Å². The highest BCUT2D eigenvalue weighted by molar-refractivity contribution is 14.0. The minimum atomic E-state index is 0. The third-order valence-corrected chi connectivity index (χ3v) is 4.93. The molecular formula is C23H29IN4O2. The van der Waals surface area contributed by atoms with Crippen LogP contribution in [0.1, 0.15) is 11.3 Å². The van der Waals surface area contributed by atoms with Crippen molar-refractivity contribution in [2.75, 3.05) is 34.9 Å². The molecule has 0 aliphatic carbocycles. The molecule has 1 N–H and O–H groups in total. The SMILES string of the molecule is CN=C(NCc1nccc2ccccc12)N(C)CCc1ccc(OC)c(OC)c1.I. The van der Waals surface area contributed by atoms with Crippen molar-refractivity contribution >= 4 is 40.7 Å². The van der Waals surface area contributed by atoms with Gasteiger partial charge in [-0.3, -0.25) is 9.98 Å². The molecule has 0 fully saturated rings. The quantitative estimate of drug-likeness (QED) is 0.289. The molecule has 30 heavy (non-hydrogen) atoms. The zero-order chi connectivity index (χ0) is 20.6. The van der Waals surface area contributed by atoms with Gasteiger partial charge in [-0.15, -0.1) is 24.0 Å². The highest BCUT2D eigenvalue weighted by Gasteiger charge is 2.10. The number of methoxy groups -OCH3 is 2. The lowest BCUT2D eigenvalue weighted by atomic mass is 10.1. The largest absolute Gasteiger partial charge is 0.493 e. The van der Waals surface area contributed by atoms with Crippen molar-refractivity contribution in [2.45, 2.75) is 13.0 Å². The number of aliphatic imine (C=N–C) groups is 1. The van der Waals surface area contributed by atoms with E-state index in [9.17, 15) is 0 Å². The predicted octanol–water partition coefficient (Wildman–Crippen LogP) is 4.12. The van der Waals surface area contributed by atoms with Crippen LogP contribution in [-0.4, -0.2) is 50.7 Å². The molecule has 160 valence electrons. The Labute approximate surface area is 195 Å². The van der Waals surface area contributed by atoms with Gasteiger partial charge in [-0.25, -0.2) is 0 Å². The summed E-state index contributed by atoms with van der Waals surface area (Å²) in [6, 6.07) is 16.3. The number of halogens is 1. The van der Waals surface area contributed by atoms with Crippen LogP contribution in [-0.2, 0) is 13.0 Å². The van der Waals surface area contributed by atoms with Crippen molar-refractivity contribution in [3.05, 3.63) is 66.0 Å². The first-order valence-electron chi connectivity index (χ1n) is 9.61. The summed E-state index contributed by atoms with van der Waals surface area (Å²) in [5, 5.41) is 5.77. The number of aromatic nitrogens is 1. The van der Waals surface area contributed by atoms with Gasteiger partial charge in [0.25, 0.3) is 0 Å². The number of hydrogen-bond donors (Lipinski definition) is 1. The fourth-order valence-corrected chi connectivity index (χ4v) is 3.31. The molecule has 0 spiro atoms. The van der Waals surface area contributed by atoms with Gasteiger partial charge in [0.15, 0.2) is 17.5 Å². The fourth-order valence-electron chi connectivity index (χ4n) is 3.31. The zero-order valence-corrected chi connectivity index (χ0v) is 20.2. The van der Waals surface area contributed by atoms with Crippen molar-refractivity contribution < 1.29 is 9.47 Å². The monoisotopic (exact) mass is 520 g/mol. The van der Waals surface area contributed by atoms with Crippen LogP contribution in [0.3, 0.4) is 0 Å². The molecule has 0 saturated heterocycles. The Bertz CT molecular complexity index is 989. The van der Waals surface area contributed by atoms with Gasteiger partial charge in [0.1, 0.15) is 0 Å². The normalized spacial score (nSPS) is 11.0. The van der Waals surface area contributed by atoms with Gasteiger partial charge in [0.2, 0.25) is 0 Å². The number of fused-ring (bicyclic) bond motifs is 1. The molecular weight excluding hydrogens is 491 g/mol. The number of benzene rings is 2. The van der Waals surface area contributed by atoms with E-state index >= 15 is 0 Å². The lowest BCUT2D eigenvalue weighted by molar-refractivity contribution is 0.354. The van der Waals surface area contributed by atoms with Gasteiger partial charge in [-0.2, -0.15) is 0 Å². The van der Waals surface area contributed by atoms with E-state index in [0.717, 1.165) is 41.5 Å². The van der Waals surface area contributed by atoms with Crippen LogP contribution in [0, 0.1) is 0 Å². The zero-order valence-electron chi connectivity index (χ0n) is 17.9. The van der Waals surface area contributed by atoms with Crippen LogP contribution in [0.15, 0.2) is 59.7 Å². The van der Waals surface area contributed by atoms with E-state index in [4.69, 9.17) is 9.47 Å². The second-order valence-electron chi connectivity index (χ2n) is 6.74. The molecule has 6 nitrogen and oxygen atoms in total. The number of nitrogens with zero attached hydrogens (tertiary/aromatic N) is 3. The van der Waals surface area contributed by atoms with E-state index in [1.165, 1.54) is 10.9 Å². The van der Waals surface area contributed by atoms with Crippen molar-refractivity contribution in [2.24, 2.45) is 4.99 Å². The van der Waals surface area contributed by atoms with Crippen LogP contribution in [0.4, 0.5) is 0 Å². The maximum Gasteiger partial charge on any atom is 0.193 e. The van der Waals surface area contributed by atoms with Gasteiger partial charge < -0.3 is 19.7 Å². The smallest absolute Gasteiger partial charge is 0.193 e. The summed E-state index contributed by atoms with van der Waals surface area (Å²) < 4.78 is 10.7. The Morgan fingerprint density at radius 2 is 1.83 bits per heavy atom. The van der Waals surface area contributed by atoms with Crippen molar-refractivity contribution in [1.82, 2.24) is 15.2 Å². The first-order valence-corrected chi connectivity index (χ1v) is 9.61. The van der Waals surface area contributed by atoms with Gasteiger partial charge in [0.05, 0.1) is 26.5 Å². The Balaban J connectivity index is 0.00000320. The highest BCUT2D eigenvalue weighted by Crippen LogP contribution is 2.27. The first kappa shape index (κ1) is 23.7. The molecule has 1 aromatic heterocycles. The standard InChI is InChI=1S/C23H28N4O2.HI/c1-24-23(26-16-20-19-8-6-5-7-18(19)11-13-25-20)27(2)14-12-17-9-10-21(28-3)22(15-17)29-4;/h5-11,13,15H,12,14,16H2,1-4H3,(H,24,26);1H. The third-order valence-electron chi connectivity index (χ3n) is 4.93. The molecule has 0 aliphatic rings. The van der Waals surface area contributed by atoms with E-state index in [2.05, 4.69) is 38.4 Å². The molecule has 7 heteroatoms. The molecule has 1 heterocycles. The molecule has 0 radical (unpaired) electrons. The van der Waals surface area contributed by atoms with Crippen LogP contribution in [0.25, 0.3) is 10.8 Å². The predicted molar refractivity (Wildman–Crippen MR) is 133 cm³/mol. The van der Waals surface area contributed by atoms with Crippen LogP contribution < -0.4 is 14.8 Å². The van der Waals surface area contributed by atoms with Crippen molar-refractivity contribution in [1.29, 1.82) is 0 Å². The summed E-state index contributed by atoms with van der Waals surface area (Å²) in [5.41, 5.74) is 2.19. The average Bonchev–Trinajstić information content (AvgIpc) is 2.77. The van der Waals surface area contributed by atoms with Gasteiger partial charge in [-0.1, -0.05) is 30.3 Å². The van der Waals surface area contributed by atoms with Crippen LogP contribution >= 0.6 is 24.0 Å². The summed E-state index contributed by atoms with van der Waals surface area (Å²) in [5.74, 6) is 2.32. The lowest BCUT2D eigenvalue weighted by Gasteiger charge is -2.22. The van der Waals surface area contributed by atoms with E-state index < -0.39 is 0 Å². The van der Waals surface area contributed by atoms with Crippen molar-refractivity contribution in [3.63, 3.8) is 0 Å². The van der Waals surface area contributed by atoms with Crippen LogP contribution in [0.2, 0.25) is 0 Å². The topological polar surface area (TPSA) is 59.0 Å². The summed E-state index contributed by atoms with van der Waals surface area (Å²) >= 11 is 0. The summed E-state index contributed by atoms with van der Waals surface area (Å²) in [6.07, 6.45) is 2.72. The maximum atomic E-state index is 5.39. The first-order chi connectivity index (χ1) is 14.2. The Morgan fingerprint density at radius 3 is 2.57 bits per heavy atom. The van der Waals surface area contributed by atoms with Crippen molar-refractivity contribution in [3.8, 4) is 11.5 Å². The molecule has 0 amide bonds. The number of likely N-dealkylation sites (N-methyl/N-ethyl adjacent to an activating group) is 1. The minimum absolute atomic E-state index is 0. The fraction of sp³-hybridized carbons (Fsp3) is 0.304. The summed E-state index contributed by atoms with van der Waals surface area (Å²) in [7, 11) is 7.13. The van der Waals surface area contributed by atoms with Crippen LogP contribution in [0.5, 0.6) is 11.5 Å². The average molecular weight is 520 g/mol. The number of pyridine rings is 1. The Morgan fingerprint density at radius 1 is 1.07 bits per heavy atom. The number of hydrogen-bond acceptors (Lipinski definition) is 4. The van der Waals surface area contributed by atoms with Gasteiger partial charge in [-0.05, 0) is 35.6 Å². The summed E-state index contributed by atoms with van der Waals surface area (Å²) in [4.78, 5) is 11.1. The molecule has 2 aromatic carbocycles. The number of nitrogens with one attached hydrogen (secondary N) is 1. The minimum Gasteiger partial charge on any atom is -0.493 e. The van der Waals surface area contributed by atoms with E-state index in [1.807, 2.05) is 43.6 Å². The number of ether oxygens (including phenoxy) is 2. The van der Waals surface area contributed by atoms with Gasteiger partial charge >= 0.3 is 0 Å². The molecule has 0 saturated carbocycles. The van der Waals surface area contributed by atoms with Gasteiger partial charge in [0, 0.05) is 32.2 Å². The molecule has 0 bridgehead atoms. The lowest BCUT2D eigenvalue weighted by Crippen LogP contribution is -2.39. The third kappa shape index (κ3) is 5.75. The van der Waals surface area contributed by atoms with E-state index in [0.29, 0.717) is 6.54 Å². The molecule has 0 aliphatic heterocycles. The number of guanidine groups is 1. The number of rotatable bonds is 7. The maximum absolute atomic E-state index is 5.39. The molecule has 3 aromatic rings.